The first-order valence-corrected chi connectivity index (χ1v) is 8.67. The molecule has 3 heteroatoms. The van der Waals surface area contributed by atoms with Crippen molar-refractivity contribution in [2.75, 3.05) is 5.32 Å². The van der Waals surface area contributed by atoms with E-state index >= 15 is 0 Å². The second-order valence-electron chi connectivity index (χ2n) is 8.06. The molecule has 1 atom stereocenters. The van der Waals surface area contributed by atoms with Gasteiger partial charge in [0.05, 0.1) is 0 Å². The van der Waals surface area contributed by atoms with E-state index in [2.05, 4.69) is 17.4 Å². The molecule has 0 saturated heterocycles. The van der Waals surface area contributed by atoms with Crippen LogP contribution in [-0.4, -0.2) is 5.91 Å². The van der Waals surface area contributed by atoms with E-state index in [9.17, 15) is 4.79 Å². The molecule has 0 heterocycles. The summed E-state index contributed by atoms with van der Waals surface area (Å²) in [5.41, 5.74) is 9.18. The summed E-state index contributed by atoms with van der Waals surface area (Å²) < 4.78 is 0. The van der Waals surface area contributed by atoms with E-state index in [0.29, 0.717) is 5.41 Å². The average Bonchev–Trinajstić information content (AvgIpc) is 2.45. The standard InChI is InChI=1S/C19H26N2O/c1-12(22)21-17-4-2-16(3-5-17)18(20)19-9-13-6-14(10-19)8-15(7-13)11-19/h2-5,13-15,18H,6-11,20H2,1H3,(H,21,22). The SMILES string of the molecule is CC(=O)Nc1ccc(C(N)C23CC4CC(CC(C4)C2)C3)cc1. The lowest BCUT2D eigenvalue weighted by atomic mass is 9.47. The molecule has 0 radical (unpaired) electrons. The smallest absolute Gasteiger partial charge is 0.221 e. The lowest BCUT2D eigenvalue weighted by Crippen LogP contribution is -2.50. The lowest BCUT2D eigenvalue weighted by molar-refractivity contribution is -0.114. The number of anilines is 1. The Bertz CT molecular complexity index is 542. The van der Waals surface area contributed by atoms with Crippen molar-refractivity contribution >= 4 is 11.6 Å². The van der Waals surface area contributed by atoms with Gasteiger partial charge in [0, 0.05) is 18.7 Å². The van der Waals surface area contributed by atoms with Gasteiger partial charge < -0.3 is 11.1 Å². The highest BCUT2D eigenvalue weighted by molar-refractivity contribution is 5.88. The third-order valence-electron chi connectivity index (χ3n) is 6.34. The molecule has 0 spiro atoms. The topological polar surface area (TPSA) is 55.1 Å². The van der Waals surface area contributed by atoms with Crippen molar-refractivity contribution in [3.63, 3.8) is 0 Å². The van der Waals surface area contributed by atoms with Crippen molar-refractivity contribution < 1.29 is 4.79 Å². The molecule has 1 unspecified atom stereocenters. The molecule has 0 aromatic heterocycles. The molecule has 1 aromatic rings. The molecule has 1 amide bonds. The van der Waals surface area contributed by atoms with Gasteiger partial charge >= 0.3 is 0 Å². The number of carbonyl (C=O) groups excluding carboxylic acids is 1. The molecule has 4 bridgehead atoms. The zero-order chi connectivity index (χ0) is 15.3. The van der Waals surface area contributed by atoms with Crippen molar-refractivity contribution in [3.8, 4) is 0 Å². The van der Waals surface area contributed by atoms with E-state index in [1.54, 1.807) is 0 Å². The van der Waals surface area contributed by atoms with Gasteiger partial charge in [-0.2, -0.15) is 0 Å². The maximum Gasteiger partial charge on any atom is 0.221 e. The number of carbonyl (C=O) groups is 1. The number of nitrogens with one attached hydrogen (secondary N) is 1. The molecule has 4 saturated carbocycles. The number of benzene rings is 1. The highest BCUT2D eigenvalue weighted by Crippen LogP contribution is 2.63. The fourth-order valence-electron chi connectivity index (χ4n) is 5.89. The van der Waals surface area contributed by atoms with Crippen LogP contribution in [0.25, 0.3) is 0 Å². The molecule has 4 aliphatic rings. The van der Waals surface area contributed by atoms with Crippen molar-refractivity contribution in [3.05, 3.63) is 29.8 Å². The van der Waals surface area contributed by atoms with E-state index in [4.69, 9.17) is 5.73 Å². The Balaban J connectivity index is 1.56. The normalized spacial score (nSPS) is 37.1. The van der Waals surface area contributed by atoms with Gasteiger partial charge in [0.25, 0.3) is 0 Å². The van der Waals surface area contributed by atoms with Crippen LogP contribution in [0.4, 0.5) is 5.69 Å². The van der Waals surface area contributed by atoms with Crippen LogP contribution in [-0.2, 0) is 4.79 Å². The molecule has 0 aliphatic heterocycles. The molecule has 118 valence electrons. The third-order valence-corrected chi connectivity index (χ3v) is 6.34. The molecule has 3 nitrogen and oxygen atoms in total. The molecule has 22 heavy (non-hydrogen) atoms. The maximum atomic E-state index is 11.1. The Hall–Kier alpha value is -1.35. The highest BCUT2D eigenvalue weighted by Gasteiger charge is 2.53. The van der Waals surface area contributed by atoms with Crippen molar-refractivity contribution in [1.29, 1.82) is 0 Å². The van der Waals surface area contributed by atoms with Crippen LogP contribution >= 0.6 is 0 Å². The lowest BCUT2D eigenvalue weighted by Gasteiger charge is -2.59. The van der Waals surface area contributed by atoms with Crippen LogP contribution in [0.2, 0.25) is 0 Å². The number of hydrogen-bond donors (Lipinski definition) is 2. The fraction of sp³-hybridized carbons (Fsp3) is 0.632. The highest BCUT2D eigenvalue weighted by atomic mass is 16.1. The average molecular weight is 298 g/mol. The first kappa shape index (κ1) is 14.3. The van der Waals surface area contributed by atoms with Crippen LogP contribution in [0.15, 0.2) is 24.3 Å². The van der Waals surface area contributed by atoms with Crippen LogP contribution in [0.5, 0.6) is 0 Å². The zero-order valence-electron chi connectivity index (χ0n) is 13.3. The quantitative estimate of drug-likeness (QED) is 0.890. The molecule has 5 rings (SSSR count). The predicted molar refractivity (Wildman–Crippen MR) is 88.3 cm³/mol. The summed E-state index contributed by atoms with van der Waals surface area (Å²) in [6.07, 6.45) is 8.34. The number of nitrogens with two attached hydrogens (primary N) is 1. The van der Waals surface area contributed by atoms with Gasteiger partial charge in [-0.25, -0.2) is 0 Å². The monoisotopic (exact) mass is 298 g/mol. The molecule has 4 aliphatic carbocycles. The predicted octanol–water partition coefficient (Wildman–Crippen LogP) is 3.86. The van der Waals surface area contributed by atoms with Crippen LogP contribution < -0.4 is 11.1 Å². The summed E-state index contributed by atoms with van der Waals surface area (Å²) in [6.45, 7) is 1.54. The van der Waals surface area contributed by atoms with E-state index < -0.39 is 0 Å². The van der Waals surface area contributed by atoms with Gasteiger partial charge in [0.15, 0.2) is 0 Å². The van der Waals surface area contributed by atoms with E-state index in [0.717, 1.165) is 23.4 Å². The van der Waals surface area contributed by atoms with Gasteiger partial charge in [-0.05, 0) is 79.4 Å². The minimum absolute atomic E-state index is 0.0295. The number of hydrogen-bond acceptors (Lipinski definition) is 2. The fourth-order valence-corrected chi connectivity index (χ4v) is 5.89. The molecule has 1 aromatic carbocycles. The van der Waals surface area contributed by atoms with E-state index in [1.165, 1.54) is 51.0 Å². The van der Waals surface area contributed by atoms with Gasteiger partial charge in [0.1, 0.15) is 0 Å². The van der Waals surface area contributed by atoms with Gasteiger partial charge in [-0.3, -0.25) is 4.79 Å². The van der Waals surface area contributed by atoms with Crippen molar-refractivity contribution in [2.24, 2.45) is 28.9 Å². The Labute approximate surface area is 132 Å². The Kier molecular flexibility index (Phi) is 3.30. The minimum atomic E-state index is -0.0295. The third kappa shape index (κ3) is 2.36. The zero-order valence-corrected chi connectivity index (χ0v) is 13.3. The molecular formula is C19H26N2O. The largest absolute Gasteiger partial charge is 0.326 e. The van der Waals surface area contributed by atoms with Crippen LogP contribution in [0, 0.1) is 23.2 Å². The number of amides is 1. The molecular weight excluding hydrogens is 272 g/mol. The van der Waals surface area contributed by atoms with Gasteiger partial charge in [-0.1, -0.05) is 12.1 Å². The van der Waals surface area contributed by atoms with Gasteiger partial charge in [0.2, 0.25) is 5.91 Å². The van der Waals surface area contributed by atoms with E-state index in [1.807, 2.05) is 12.1 Å². The van der Waals surface area contributed by atoms with Gasteiger partial charge in [-0.15, -0.1) is 0 Å². The molecule has 3 N–H and O–H groups in total. The second-order valence-corrected chi connectivity index (χ2v) is 8.06. The Morgan fingerprint density at radius 2 is 1.59 bits per heavy atom. The first-order valence-electron chi connectivity index (χ1n) is 8.67. The van der Waals surface area contributed by atoms with Crippen LogP contribution in [0.1, 0.15) is 57.1 Å². The Morgan fingerprint density at radius 1 is 1.09 bits per heavy atom. The van der Waals surface area contributed by atoms with E-state index in [-0.39, 0.29) is 11.9 Å². The summed E-state index contributed by atoms with van der Waals surface area (Å²) in [4.78, 5) is 11.1. The summed E-state index contributed by atoms with van der Waals surface area (Å²) >= 11 is 0. The summed E-state index contributed by atoms with van der Waals surface area (Å²) in [5.74, 6) is 2.75. The second kappa shape index (κ2) is 5.09. The number of rotatable bonds is 3. The van der Waals surface area contributed by atoms with Crippen molar-refractivity contribution in [1.82, 2.24) is 0 Å². The minimum Gasteiger partial charge on any atom is -0.326 e. The van der Waals surface area contributed by atoms with Crippen LogP contribution in [0.3, 0.4) is 0 Å². The first-order chi connectivity index (χ1) is 10.5. The Morgan fingerprint density at radius 3 is 2.05 bits per heavy atom. The molecule has 4 fully saturated rings. The van der Waals surface area contributed by atoms with Crippen molar-refractivity contribution in [2.45, 2.75) is 51.5 Å². The summed E-state index contributed by atoms with van der Waals surface area (Å²) in [5, 5.41) is 2.83. The maximum absolute atomic E-state index is 11.1. The summed E-state index contributed by atoms with van der Waals surface area (Å²) in [7, 11) is 0. The summed E-state index contributed by atoms with van der Waals surface area (Å²) in [6, 6.07) is 8.32.